The molecule has 3 aromatic rings. The molecule has 4 rings (SSSR count). The summed E-state index contributed by atoms with van der Waals surface area (Å²) in [6.45, 7) is 2.12. The molecule has 0 radical (unpaired) electrons. The second-order valence-corrected chi connectivity index (χ2v) is 9.23. The van der Waals surface area contributed by atoms with Gasteiger partial charge < -0.3 is 21.1 Å². The summed E-state index contributed by atoms with van der Waals surface area (Å²) in [7, 11) is 0. The monoisotopic (exact) mass is 494 g/mol. The zero-order valence-corrected chi connectivity index (χ0v) is 19.3. The van der Waals surface area contributed by atoms with Crippen molar-refractivity contribution in [3.63, 3.8) is 0 Å². The lowest BCUT2D eigenvalue weighted by atomic mass is 10.1. The normalized spacial score (nSPS) is 16.6. The molecule has 1 aromatic carbocycles. The van der Waals surface area contributed by atoms with Gasteiger partial charge in [0.1, 0.15) is 28.1 Å². The van der Waals surface area contributed by atoms with Gasteiger partial charge in [0, 0.05) is 18.7 Å². The van der Waals surface area contributed by atoms with Gasteiger partial charge in [-0.25, -0.2) is 22.8 Å². The first-order chi connectivity index (χ1) is 16.2. The summed E-state index contributed by atoms with van der Waals surface area (Å²) in [5.41, 5.74) is 7.24. The molecule has 1 fully saturated rings. The molecule has 3 heterocycles. The van der Waals surface area contributed by atoms with Crippen LogP contribution in [0.1, 0.15) is 35.3 Å². The van der Waals surface area contributed by atoms with Crippen LogP contribution in [0.25, 0.3) is 10.6 Å². The first kappa shape index (κ1) is 24.0. The van der Waals surface area contributed by atoms with Crippen LogP contribution in [0.15, 0.2) is 24.4 Å². The number of benzene rings is 1. The highest BCUT2D eigenvalue weighted by Crippen LogP contribution is 2.34. The quantitative estimate of drug-likeness (QED) is 0.480. The van der Waals surface area contributed by atoms with E-state index in [-0.39, 0.29) is 27.0 Å². The summed E-state index contributed by atoms with van der Waals surface area (Å²) in [6, 6.07) is 4.57. The van der Waals surface area contributed by atoms with Crippen molar-refractivity contribution >= 4 is 33.8 Å². The molecule has 0 aliphatic carbocycles. The van der Waals surface area contributed by atoms with Gasteiger partial charge in [-0.05, 0) is 38.3 Å². The summed E-state index contributed by atoms with van der Waals surface area (Å²) in [6.07, 6.45) is -0.0584. The summed E-state index contributed by atoms with van der Waals surface area (Å²) in [4.78, 5) is 19.1. The zero-order chi connectivity index (χ0) is 24.4. The fourth-order valence-corrected chi connectivity index (χ4v) is 4.80. The number of carbonyl (C=O) groups excluding carboxylic acids is 1. The highest BCUT2D eigenvalue weighted by Gasteiger charge is 2.26. The Kier molecular flexibility index (Phi) is 7.08. The molecule has 1 aliphatic rings. The molecule has 0 unspecified atom stereocenters. The summed E-state index contributed by atoms with van der Waals surface area (Å²) >= 11 is 0.986. The Morgan fingerprint density at radius 1 is 1.35 bits per heavy atom. The van der Waals surface area contributed by atoms with Gasteiger partial charge in [0.2, 0.25) is 0 Å². The van der Waals surface area contributed by atoms with Crippen LogP contribution in [0.5, 0.6) is 0 Å². The Morgan fingerprint density at radius 2 is 2.15 bits per heavy atom. The van der Waals surface area contributed by atoms with E-state index in [0.717, 1.165) is 21.6 Å². The van der Waals surface area contributed by atoms with E-state index in [1.165, 1.54) is 12.3 Å². The number of thiazole rings is 1. The molecule has 0 spiro atoms. The van der Waals surface area contributed by atoms with Gasteiger partial charge in [-0.2, -0.15) is 5.10 Å². The first-order valence-corrected chi connectivity index (χ1v) is 11.7. The van der Waals surface area contributed by atoms with Gasteiger partial charge in [-0.3, -0.25) is 4.79 Å². The maximum atomic E-state index is 14.3. The van der Waals surface area contributed by atoms with Crippen LogP contribution < -0.4 is 16.0 Å². The number of hydrogen-bond acceptors (Lipinski definition) is 7. The number of aromatic nitrogens is 3. The van der Waals surface area contributed by atoms with Crippen molar-refractivity contribution in [3.05, 3.63) is 41.5 Å². The molecular weight excluding hydrogens is 469 g/mol. The van der Waals surface area contributed by atoms with Gasteiger partial charge in [0.15, 0.2) is 11.5 Å². The fraction of sp³-hybridized carbons (Fsp3) is 0.409. The lowest BCUT2D eigenvalue weighted by Crippen LogP contribution is -2.29. The van der Waals surface area contributed by atoms with E-state index in [1.54, 1.807) is 12.1 Å². The Bertz CT molecular complexity index is 1180. The van der Waals surface area contributed by atoms with Crippen molar-refractivity contribution in [2.24, 2.45) is 0 Å². The standard InChI is InChI=1S/C22H25F3N6O2S/c1-12-4-5-15(23)14(9-12)21-29-18(19(26)34-21)20(33)28-16-10-27-31(11-17(24)25)22(16)30-7-2-3-13(32)6-8-30/h4-5,9-10,13,17,32H,2-3,6-8,11,26H2,1H3,(H,28,33)/t13-/m0/s1. The van der Waals surface area contributed by atoms with E-state index in [0.29, 0.717) is 38.2 Å². The number of aliphatic hydroxyl groups is 1. The lowest BCUT2D eigenvalue weighted by molar-refractivity contribution is 0.102. The second kappa shape index (κ2) is 10.0. The van der Waals surface area contributed by atoms with Crippen molar-refractivity contribution in [2.75, 3.05) is 29.0 Å². The van der Waals surface area contributed by atoms with E-state index in [9.17, 15) is 23.1 Å². The highest BCUT2D eigenvalue weighted by molar-refractivity contribution is 7.19. The number of anilines is 3. The molecule has 0 saturated carbocycles. The molecule has 8 nitrogen and oxygen atoms in total. The number of nitrogens with one attached hydrogen (secondary N) is 1. The molecule has 1 saturated heterocycles. The van der Waals surface area contributed by atoms with Crippen LogP contribution in [0.2, 0.25) is 0 Å². The minimum absolute atomic E-state index is 0.0836. The number of nitrogens with zero attached hydrogens (tertiary/aromatic N) is 4. The van der Waals surface area contributed by atoms with Crippen LogP contribution in [-0.2, 0) is 6.54 Å². The number of nitrogen functional groups attached to an aromatic ring is 1. The Balaban J connectivity index is 1.63. The van der Waals surface area contributed by atoms with Crippen molar-refractivity contribution in [1.29, 1.82) is 0 Å². The number of rotatable bonds is 6. The largest absolute Gasteiger partial charge is 0.393 e. The number of halogens is 3. The topological polar surface area (TPSA) is 109 Å². The minimum atomic E-state index is -2.64. The number of carbonyl (C=O) groups is 1. The number of hydrogen-bond donors (Lipinski definition) is 3. The van der Waals surface area contributed by atoms with Crippen LogP contribution >= 0.6 is 11.3 Å². The molecule has 4 N–H and O–H groups in total. The Labute approximate surface area is 198 Å². The number of alkyl halides is 2. The Hall–Kier alpha value is -3.12. The van der Waals surface area contributed by atoms with E-state index in [2.05, 4.69) is 15.4 Å². The van der Waals surface area contributed by atoms with E-state index in [4.69, 9.17) is 5.73 Å². The van der Waals surface area contributed by atoms with Crippen molar-refractivity contribution in [3.8, 4) is 10.6 Å². The molecule has 182 valence electrons. The predicted molar refractivity (Wildman–Crippen MR) is 125 cm³/mol. The van der Waals surface area contributed by atoms with Crippen molar-refractivity contribution < 1.29 is 23.1 Å². The number of nitrogens with two attached hydrogens (primary N) is 1. The maximum Gasteiger partial charge on any atom is 0.277 e. The van der Waals surface area contributed by atoms with Crippen molar-refractivity contribution in [2.45, 2.75) is 45.3 Å². The van der Waals surface area contributed by atoms with Gasteiger partial charge in [0.05, 0.1) is 12.3 Å². The minimum Gasteiger partial charge on any atom is -0.393 e. The number of amides is 1. The van der Waals surface area contributed by atoms with Gasteiger partial charge in [0.25, 0.3) is 12.3 Å². The molecule has 1 aliphatic heterocycles. The van der Waals surface area contributed by atoms with Crippen LogP contribution in [0.3, 0.4) is 0 Å². The average molecular weight is 495 g/mol. The third-order valence-corrected chi connectivity index (χ3v) is 6.51. The van der Waals surface area contributed by atoms with Crippen LogP contribution in [0, 0.1) is 12.7 Å². The zero-order valence-electron chi connectivity index (χ0n) is 18.5. The molecule has 12 heteroatoms. The van der Waals surface area contributed by atoms with E-state index in [1.807, 2.05) is 11.8 Å². The summed E-state index contributed by atoms with van der Waals surface area (Å²) in [5, 5.41) is 17.1. The highest BCUT2D eigenvalue weighted by atomic mass is 32.1. The first-order valence-electron chi connectivity index (χ1n) is 10.8. The molecule has 1 atom stereocenters. The second-order valence-electron chi connectivity index (χ2n) is 8.20. The third-order valence-electron chi connectivity index (χ3n) is 5.59. The molecule has 2 aromatic heterocycles. The van der Waals surface area contributed by atoms with Gasteiger partial charge in [-0.1, -0.05) is 23.0 Å². The average Bonchev–Trinajstić information content (AvgIpc) is 3.27. The Morgan fingerprint density at radius 3 is 2.91 bits per heavy atom. The predicted octanol–water partition coefficient (Wildman–Crippen LogP) is 3.90. The van der Waals surface area contributed by atoms with Gasteiger partial charge in [-0.15, -0.1) is 0 Å². The summed E-state index contributed by atoms with van der Waals surface area (Å²) < 4.78 is 41.8. The molecular formula is C22H25F3N6O2S. The van der Waals surface area contributed by atoms with E-state index >= 15 is 0 Å². The van der Waals surface area contributed by atoms with Gasteiger partial charge >= 0.3 is 0 Å². The maximum absolute atomic E-state index is 14.3. The van der Waals surface area contributed by atoms with Crippen LogP contribution in [0.4, 0.5) is 29.7 Å². The molecule has 34 heavy (non-hydrogen) atoms. The smallest absolute Gasteiger partial charge is 0.277 e. The number of aryl methyl sites for hydroxylation is 1. The van der Waals surface area contributed by atoms with Crippen LogP contribution in [-0.4, -0.2) is 51.4 Å². The molecule has 1 amide bonds. The lowest BCUT2D eigenvalue weighted by Gasteiger charge is -2.25. The number of aliphatic hydroxyl groups excluding tert-OH is 1. The fourth-order valence-electron chi connectivity index (χ4n) is 3.95. The molecule has 0 bridgehead atoms. The SMILES string of the molecule is Cc1ccc(F)c(-c2nc(C(=O)Nc3cnn(CC(F)F)c3N3CCC[C@H](O)CC3)c(N)s2)c1. The summed E-state index contributed by atoms with van der Waals surface area (Å²) in [5.74, 6) is -0.799. The van der Waals surface area contributed by atoms with Crippen molar-refractivity contribution in [1.82, 2.24) is 14.8 Å². The van der Waals surface area contributed by atoms with E-state index < -0.39 is 30.8 Å². The third kappa shape index (κ3) is 5.17.